The molecule has 3 aromatic rings. The predicted octanol–water partition coefficient (Wildman–Crippen LogP) is 7.57. The number of piperidine rings is 1. The lowest BCUT2D eigenvalue weighted by Gasteiger charge is -2.41. The highest BCUT2D eigenvalue weighted by Gasteiger charge is 2.36. The van der Waals surface area contributed by atoms with E-state index in [1.54, 1.807) is 19.2 Å². The van der Waals surface area contributed by atoms with Crippen molar-refractivity contribution in [2.45, 2.75) is 78.9 Å². The van der Waals surface area contributed by atoms with Crippen molar-refractivity contribution in [3.63, 3.8) is 0 Å². The fraction of sp³-hybridized carbons (Fsp3) is 0.500. The molecule has 1 N–H and O–H groups in total. The number of benzene rings is 2. The minimum absolute atomic E-state index is 0.207. The van der Waals surface area contributed by atoms with Crippen molar-refractivity contribution in [2.75, 3.05) is 38.3 Å². The van der Waals surface area contributed by atoms with Crippen molar-refractivity contribution >= 4 is 11.7 Å². The summed E-state index contributed by atoms with van der Waals surface area (Å²) in [7, 11) is 1.67. The lowest BCUT2D eigenvalue weighted by atomic mass is 9.81. The molecule has 0 unspecified atom stereocenters. The second-order valence-corrected chi connectivity index (χ2v) is 13.4. The number of nitrogens with zero attached hydrogens (tertiary/aromatic N) is 2. The molecule has 1 fully saturated rings. The van der Waals surface area contributed by atoms with Crippen LogP contribution in [-0.2, 0) is 27.1 Å². The quantitative estimate of drug-likeness (QED) is 0.228. The average Bonchev–Trinajstić information content (AvgIpc) is 2.96. The molecule has 0 amide bonds. The van der Waals surface area contributed by atoms with Gasteiger partial charge in [-0.1, -0.05) is 38.1 Å². The number of aliphatic carboxylic acids is 1. The first-order valence-corrected chi connectivity index (χ1v) is 15.4. The number of carboxylic acid groups (broad SMARTS) is 1. The third-order valence-corrected chi connectivity index (χ3v) is 8.12. The lowest BCUT2D eigenvalue weighted by Crippen LogP contribution is -2.39. The van der Waals surface area contributed by atoms with Gasteiger partial charge in [0.25, 0.3) is 0 Å². The van der Waals surface area contributed by atoms with E-state index in [9.17, 15) is 14.3 Å². The standard InChI is InChI=1S/C36H47FN2O5/c1-24-30(33(34(40)41)44-35(2,3)4)32(39-20-18-36(5,6)19-21-39)31(29(38-24)17-22-42-7)26-10-14-28(15-11-26)43-23-16-25-8-12-27(37)13-9-25/h8-15,33H,16-23H2,1-7H3,(H,40,41)/t33-/m0/s1. The SMILES string of the molecule is COCCc1nc(C)c([C@H](OC(C)(C)C)C(=O)O)c(N2CCC(C)(C)CC2)c1-c1ccc(OCCc2ccc(F)cc2)cc1. The van der Waals surface area contributed by atoms with Crippen LogP contribution in [0.5, 0.6) is 5.75 Å². The first kappa shape index (κ1) is 33.4. The normalized spacial score (nSPS) is 15.7. The zero-order valence-corrected chi connectivity index (χ0v) is 27.2. The van der Waals surface area contributed by atoms with Crippen molar-refractivity contribution in [1.82, 2.24) is 4.98 Å². The van der Waals surface area contributed by atoms with Gasteiger partial charge in [-0.3, -0.25) is 4.98 Å². The molecular formula is C36H47FN2O5. The third kappa shape index (κ3) is 8.57. The number of anilines is 1. The number of aromatic nitrogens is 1. The van der Waals surface area contributed by atoms with Crippen LogP contribution in [0.15, 0.2) is 48.5 Å². The maximum absolute atomic E-state index is 13.3. The van der Waals surface area contributed by atoms with Crippen LogP contribution in [0.2, 0.25) is 0 Å². The molecule has 1 atom stereocenters. The molecule has 0 spiro atoms. The number of hydrogen-bond donors (Lipinski definition) is 1. The monoisotopic (exact) mass is 606 g/mol. The van der Waals surface area contributed by atoms with E-state index in [0.717, 1.165) is 59.8 Å². The number of carbonyl (C=O) groups is 1. The van der Waals surface area contributed by atoms with Crippen LogP contribution in [0.1, 0.15) is 76.1 Å². The van der Waals surface area contributed by atoms with Crippen LogP contribution in [0.4, 0.5) is 10.1 Å². The van der Waals surface area contributed by atoms with Crippen LogP contribution in [0.25, 0.3) is 11.1 Å². The molecule has 0 saturated carbocycles. The molecule has 1 aliphatic heterocycles. The number of carboxylic acids is 1. The van der Waals surface area contributed by atoms with Gasteiger partial charge in [0.15, 0.2) is 6.10 Å². The second-order valence-electron chi connectivity index (χ2n) is 13.4. The number of rotatable bonds is 12. The summed E-state index contributed by atoms with van der Waals surface area (Å²) in [4.78, 5) is 20.1. The number of ether oxygens (including phenoxy) is 3. The van der Waals surface area contributed by atoms with Gasteiger partial charge in [0.05, 0.1) is 30.2 Å². The number of aryl methyl sites for hydroxylation is 1. The Kier molecular flexibility index (Phi) is 10.7. The van der Waals surface area contributed by atoms with Crippen LogP contribution < -0.4 is 9.64 Å². The molecule has 2 aromatic carbocycles. The van der Waals surface area contributed by atoms with Crippen molar-refractivity contribution < 1.29 is 28.5 Å². The summed E-state index contributed by atoms with van der Waals surface area (Å²) in [5, 5.41) is 10.5. The number of halogens is 1. The second kappa shape index (κ2) is 14.1. The molecule has 4 rings (SSSR count). The molecule has 44 heavy (non-hydrogen) atoms. The van der Waals surface area contributed by atoms with Crippen LogP contribution in [0, 0.1) is 18.2 Å². The highest BCUT2D eigenvalue weighted by molar-refractivity contribution is 5.88. The van der Waals surface area contributed by atoms with Gasteiger partial charge < -0.3 is 24.2 Å². The van der Waals surface area contributed by atoms with E-state index in [1.165, 1.54) is 12.1 Å². The Labute approximate surface area is 261 Å². The van der Waals surface area contributed by atoms with Crippen molar-refractivity contribution in [2.24, 2.45) is 5.41 Å². The van der Waals surface area contributed by atoms with Gasteiger partial charge in [0.2, 0.25) is 0 Å². The summed E-state index contributed by atoms with van der Waals surface area (Å²) in [5.41, 5.74) is 5.35. The smallest absolute Gasteiger partial charge is 0.337 e. The molecule has 7 nitrogen and oxygen atoms in total. The first-order chi connectivity index (χ1) is 20.8. The molecule has 0 bridgehead atoms. The van der Waals surface area contributed by atoms with Gasteiger partial charge in [0, 0.05) is 49.9 Å². The summed E-state index contributed by atoms with van der Waals surface area (Å²) in [5.74, 6) is -0.574. The van der Waals surface area contributed by atoms with Gasteiger partial charge in [-0.2, -0.15) is 0 Å². The third-order valence-electron chi connectivity index (χ3n) is 8.12. The first-order valence-electron chi connectivity index (χ1n) is 15.4. The Bertz CT molecular complexity index is 1400. The van der Waals surface area contributed by atoms with E-state index < -0.39 is 17.7 Å². The number of hydrogen-bond acceptors (Lipinski definition) is 6. The fourth-order valence-electron chi connectivity index (χ4n) is 5.66. The highest BCUT2D eigenvalue weighted by Crippen LogP contribution is 2.45. The molecule has 8 heteroatoms. The number of methoxy groups -OCH3 is 1. The minimum Gasteiger partial charge on any atom is -0.493 e. The Balaban J connectivity index is 1.79. The Morgan fingerprint density at radius 2 is 1.66 bits per heavy atom. The molecule has 238 valence electrons. The van der Waals surface area contributed by atoms with E-state index in [1.807, 2.05) is 52.0 Å². The van der Waals surface area contributed by atoms with E-state index in [4.69, 9.17) is 19.2 Å². The molecule has 0 radical (unpaired) electrons. The van der Waals surface area contributed by atoms with Crippen molar-refractivity contribution in [3.8, 4) is 16.9 Å². The zero-order valence-electron chi connectivity index (χ0n) is 27.2. The van der Waals surface area contributed by atoms with Gasteiger partial charge in [-0.15, -0.1) is 0 Å². The predicted molar refractivity (Wildman–Crippen MR) is 172 cm³/mol. The van der Waals surface area contributed by atoms with E-state index >= 15 is 0 Å². The molecule has 1 saturated heterocycles. The van der Waals surface area contributed by atoms with Crippen LogP contribution in [0.3, 0.4) is 0 Å². The van der Waals surface area contributed by atoms with E-state index in [-0.39, 0.29) is 11.2 Å². The molecular weight excluding hydrogens is 559 g/mol. The van der Waals surface area contributed by atoms with E-state index in [0.29, 0.717) is 37.3 Å². The summed E-state index contributed by atoms with van der Waals surface area (Å²) in [6, 6.07) is 14.3. The van der Waals surface area contributed by atoms with Crippen LogP contribution in [-0.4, -0.2) is 55.1 Å². The Morgan fingerprint density at radius 1 is 1.02 bits per heavy atom. The zero-order chi connectivity index (χ0) is 32.1. The largest absolute Gasteiger partial charge is 0.493 e. The van der Waals surface area contributed by atoms with Gasteiger partial charge in [-0.25, -0.2) is 9.18 Å². The van der Waals surface area contributed by atoms with Gasteiger partial charge in [0.1, 0.15) is 11.6 Å². The maximum atomic E-state index is 13.3. The summed E-state index contributed by atoms with van der Waals surface area (Å²) >= 11 is 0. The molecule has 2 heterocycles. The average molecular weight is 607 g/mol. The van der Waals surface area contributed by atoms with Crippen LogP contribution >= 0.6 is 0 Å². The highest BCUT2D eigenvalue weighted by atomic mass is 19.1. The molecule has 1 aromatic heterocycles. The van der Waals surface area contributed by atoms with Crippen molar-refractivity contribution in [1.29, 1.82) is 0 Å². The fourth-order valence-corrected chi connectivity index (χ4v) is 5.66. The van der Waals surface area contributed by atoms with Gasteiger partial charge in [-0.05, 0) is 81.3 Å². The Morgan fingerprint density at radius 3 is 2.23 bits per heavy atom. The summed E-state index contributed by atoms with van der Waals surface area (Å²) in [6.45, 7) is 14.6. The minimum atomic E-state index is -1.18. The number of pyridine rings is 1. The summed E-state index contributed by atoms with van der Waals surface area (Å²) < 4.78 is 31.0. The summed E-state index contributed by atoms with van der Waals surface area (Å²) in [6.07, 6.45) is 2.02. The lowest BCUT2D eigenvalue weighted by molar-refractivity contribution is -0.160. The Hall–Kier alpha value is -3.49. The maximum Gasteiger partial charge on any atom is 0.337 e. The molecule has 1 aliphatic rings. The van der Waals surface area contributed by atoms with Crippen molar-refractivity contribution in [3.05, 3.63) is 76.9 Å². The van der Waals surface area contributed by atoms with Gasteiger partial charge >= 0.3 is 5.97 Å². The van der Waals surface area contributed by atoms with E-state index in [2.05, 4.69) is 18.7 Å². The molecule has 0 aliphatic carbocycles. The topological polar surface area (TPSA) is 81.1 Å².